The fraction of sp³-hybridized carbons (Fsp3) is 0.500. The van der Waals surface area contributed by atoms with Crippen LogP contribution in [0.25, 0.3) is 0 Å². The van der Waals surface area contributed by atoms with E-state index < -0.39 is 0 Å². The number of rotatable bonds is 5. The molecule has 0 radical (unpaired) electrons. The second-order valence-corrected chi connectivity index (χ2v) is 4.31. The fourth-order valence-corrected chi connectivity index (χ4v) is 2.08. The molecule has 1 aromatic carbocycles. The number of piperazine rings is 1. The van der Waals surface area contributed by atoms with Crippen LogP contribution in [0, 0.1) is 11.3 Å². The topological polar surface area (TPSA) is 48.3 Å². The largest absolute Gasteiger partial charge is 0.491 e. The van der Waals surface area contributed by atoms with Gasteiger partial charge in [-0.3, -0.25) is 0 Å². The van der Waals surface area contributed by atoms with Gasteiger partial charge in [-0.15, -0.1) is 0 Å². The lowest BCUT2D eigenvalue weighted by Gasteiger charge is -2.30. The maximum absolute atomic E-state index is 8.50. The molecular formula is C14H19N3O. The summed E-state index contributed by atoms with van der Waals surface area (Å²) in [6.45, 7) is 4.67. The van der Waals surface area contributed by atoms with Gasteiger partial charge in [0.1, 0.15) is 5.75 Å². The molecule has 0 bridgehead atoms. The zero-order chi connectivity index (χ0) is 12.6. The lowest BCUT2D eigenvalue weighted by Crippen LogP contribution is -2.43. The van der Waals surface area contributed by atoms with Crippen molar-refractivity contribution in [3.8, 4) is 11.8 Å². The Bertz CT molecular complexity index is 408. The van der Waals surface area contributed by atoms with Crippen molar-refractivity contribution in [3.05, 3.63) is 24.3 Å². The van der Waals surface area contributed by atoms with Crippen molar-refractivity contribution < 1.29 is 4.74 Å². The van der Waals surface area contributed by atoms with Crippen molar-refractivity contribution >= 4 is 5.69 Å². The van der Waals surface area contributed by atoms with Crippen molar-refractivity contribution in [2.45, 2.75) is 12.8 Å². The first-order valence-corrected chi connectivity index (χ1v) is 6.46. The van der Waals surface area contributed by atoms with Crippen molar-refractivity contribution in [3.63, 3.8) is 0 Å². The molecule has 1 N–H and O–H groups in total. The van der Waals surface area contributed by atoms with E-state index in [9.17, 15) is 0 Å². The minimum Gasteiger partial charge on any atom is -0.491 e. The average molecular weight is 245 g/mol. The Morgan fingerprint density at radius 2 is 2.06 bits per heavy atom. The number of unbranched alkanes of at least 4 members (excludes halogenated alkanes) is 1. The van der Waals surface area contributed by atoms with Gasteiger partial charge in [0.05, 0.1) is 18.4 Å². The van der Waals surface area contributed by atoms with E-state index in [0.717, 1.165) is 44.0 Å². The summed E-state index contributed by atoms with van der Waals surface area (Å²) in [6.07, 6.45) is 1.34. The predicted molar refractivity (Wildman–Crippen MR) is 71.9 cm³/mol. The van der Waals surface area contributed by atoms with Gasteiger partial charge in [0.2, 0.25) is 0 Å². The van der Waals surface area contributed by atoms with Gasteiger partial charge in [-0.25, -0.2) is 0 Å². The van der Waals surface area contributed by atoms with Crippen molar-refractivity contribution in [1.29, 1.82) is 5.26 Å². The SMILES string of the molecule is N#CCCCOc1ccccc1N1CCNCC1. The Hall–Kier alpha value is -1.73. The molecule has 1 heterocycles. The summed E-state index contributed by atoms with van der Waals surface area (Å²) in [5.41, 5.74) is 1.16. The normalized spacial score (nSPS) is 15.2. The Morgan fingerprint density at radius 3 is 2.83 bits per heavy atom. The molecule has 1 aromatic rings. The molecule has 1 saturated heterocycles. The smallest absolute Gasteiger partial charge is 0.142 e. The second kappa shape index (κ2) is 6.87. The molecule has 0 unspecified atom stereocenters. The van der Waals surface area contributed by atoms with E-state index in [2.05, 4.69) is 22.4 Å². The molecule has 96 valence electrons. The maximum atomic E-state index is 8.50. The first-order chi connectivity index (χ1) is 8.92. The summed E-state index contributed by atoms with van der Waals surface area (Å²) >= 11 is 0. The van der Waals surface area contributed by atoms with Crippen LogP contribution < -0.4 is 15.0 Å². The van der Waals surface area contributed by atoms with Gasteiger partial charge in [0.25, 0.3) is 0 Å². The summed E-state index contributed by atoms with van der Waals surface area (Å²) in [5.74, 6) is 0.928. The quantitative estimate of drug-likeness (QED) is 0.803. The third-order valence-electron chi connectivity index (χ3n) is 3.01. The first kappa shape index (κ1) is 12.7. The average Bonchev–Trinajstić information content (AvgIpc) is 2.45. The van der Waals surface area contributed by atoms with Crippen molar-refractivity contribution in [2.24, 2.45) is 0 Å². The summed E-state index contributed by atoms with van der Waals surface area (Å²) in [4.78, 5) is 2.34. The van der Waals surface area contributed by atoms with Gasteiger partial charge >= 0.3 is 0 Å². The number of nitrogens with one attached hydrogen (secondary N) is 1. The summed E-state index contributed by atoms with van der Waals surface area (Å²) in [7, 11) is 0. The molecular weight excluding hydrogens is 226 g/mol. The zero-order valence-electron chi connectivity index (χ0n) is 10.6. The van der Waals surface area contributed by atoms with Crippen LogP contribution in [-0.4, -0.2) is 32.8 Å². The Labute approximate surface area is 108 Å². The maximum Gasteiger partial charge on any atom is 0.142 e. The predicted octanol–water partition coefficient (Wildman–Crippen LogP) is 1.78. The Kier molecular flexibility index (Phi) is 4.86. The number of anilines is 1. The number of nitriles is 1. The van der Waals surface area contributed by atoms with Gasteiger partial charge in [0.15, 0.2) is 0 Å². The van der Waals surface area contributed by atoms with Crippen LogP contribution in [0.15, 0.2) is 24.3 Å². The molecule has 1 aliphatic rings. The Balaban J connectivity index is 1.98. The van der Waals surface area contributed by atoms with Crippen molar-refractivity contribution in [2.75, 3.05) is 37.7 Å². The molecule has 1 fully saturated rings. The van der Waals surface area contributed by atoms with Crippen LogP contribution in [0.4, 0.5) is 5.69 Å². The summed E-state index contributed by atoms with van der Waals surface area (Å²) in [5, 5.41) is 11.8. The van der Waals surface area contributed by atoms with Crippen LogP contribution in [0.5, 0.6) is 5.75 Å². The van der Waals surface area contributed by atoms with Crippen molar-refractivity contribution in [1.82, 2.24) is 5.32 Å². The molecule has 0 saturated carbocycles. The molecule has 0 amide bonds. The molecule has 0 aliphatic carbocycles. The summed E-state index contributed by atoms with van der Waals surface area (Å²) in [6, 6.07) is 10.3. The van der Waals surface area contributed by atoms with E-state index in [-0.39, 0.29) is 0 Å². The van der Waals surface area contributed by atoms with Crippen LogP contribution >= 0.6 is 0 Å². The Morgan fingerprint density at radius 1 is 1.28 bits per heavy atom. The van der Waals surface area contributed by atoms with E-state index in [4.69, 9.17) is 10.00 Å². The third kappa shape index (κ3) is 3.38. The van der Waals surface area contributed by atoms with E-state index in [1.807, 2.05) is 18.2 Å². The molecule has 0 spiro atoms. The number of hydrogen-bond acceptors (Lipinski definition) is 4. The molecule has 2 rings (SSSR count). The number of para-hydroxylation sites is 2. The molecule has 4 heteroatoms. The molecule has 0 aromatic heterocycles. The number of ether oxygens (including phenoxy) is 1. The van der Waals surface area contributed by atoms with E-state index >= 15 is 0 Å². The van der Waals surface area contributed by atoms with Gasteiger partial charge < -0.3 is 15.0 Å². The molecule has 4 nitrogen and oxygen atoms in total. The lowest BCUT2D eigenvalue weighted by atomic mass is 10.2. The monoisotopic (exact) mass is 245 g/mol. The first-order valence-electron chi connectivity index (χ1n) is 6.46. The standard InChI is InChI=1S/C14H19N3O/c15-7-3-4-12-18-14-6-2-1-5-13(14)17-10-8-16-9-11-17/h1-2,5-6,16H,3-4,8-12H2. The summed E-state index contributed by atoms with van der Waals surface area (Å²) < 4.78 is 5.78. The van der Waals surface area contributed by atoms with Crippen LogP contribution in [0.2, 0.25) is 0 Å². The second-order valence-electron chi connectivity index (χ2n) is 4.31. The molecule has 0 atom stereocenters. The fourth-order valence-electron chi connectivity index (χ4n) is 2.08. The van der Waals surface area contributed by atoms with Crippen LogP contribution in [0.1, 0.15) is 12.8 Å². The number of nitrogens with zero attached hydrogens (tertiary/aromatic N) is 2. The lowest BCUT2D eigenvalue weighted by molar-refractivity contribution is 0.312. The van der Waals surface area contributed by atoms with Gasteiger partial charge in [-0.2, -0.15) is 5.26 Å². The minimum atomic E-state index is 0.551. The van der Waals surface area contributed by atoms with Crippen LogP contribution in [0.3, 0.4) is 0 Å². The third-order valence-corrected chi connectivity index (χ3v) is 3.01. The minimum absolute atomic E-state index is 0.551. The van der Waals surface area contributed by atoms with E-state index in [1.54, 1.807) is 0 Å². The van der Waals surface area contributed by atoms with E-state index in [1.165, 1.54) is 0 Å². The van der Waals surface area contributed by atoms with E-state index in [0.29, 0.717) is 13.0 Å². The van der Waals surface area contributed by atoms with Gasteiger partial charge in [-0.05, 0) is 18.6 Å². The zero-order valence-corrected chi connectivity index (χ0v) is 10.6. The highest BCUT2D eigenvalue weighted by molar-refractivity contribution is 5.58. The highest BCUT2D eigenvalue weighted by Gasteiger charge is 2.14. The van der Waals surface area contributed by atoms with Gasteiger partial charge in [0, 0.05) is 32.6 Å². The molecule has 1 aliphatic heterocycles. The van der Waals surface area contributed by atoms with Crippen LogP contribution in [-0.2, 0) is 0 Å². The molecule has 18 heavy (non-hydrogen) atoms. The number of benzene rings is 1. The number of hydrogen-bond donors (Lipinski definition) is 1. The highest BCUT2D eigenvalue weighted by Crippen LogP contribution is 2.28. The van der Waals surface area contributed by atoms with Gasteiger partial charge in [-0.1, -0.05) is 12.1 Å². The highest BCUT2D eigenvalue weighted by atomic mass is 16.5.